The van der Waals surface area contributed by atoms with Crippen molar-refractivity contribution < 1.29 is 66.6 Å². The topological polar surface area (TPSA) is 172 Å². The Labute approximate surface area is 292 Å². The summed E-state index contributed by atoms with van der Waals surface area (Å²) in [5, 5.41) is 0. The maximum absolute atomic E-state index is 13.5. The lowest BCUT2D eigenvalue weighted by atomic mass is 9.42. The lowest BCUT2D eigenvalue weighted by Gasteiger charge is -2.70. The molecule has 0 aromatic carbocycles. The molecule has 1 saturated heterocycles. The standard InChI is InChI=1S/C35H51NO14/c1-11-36-14-32(15-42-7)22(46-16(2)37)12-23(43-8)34-21-13-33(49-19(5)40)29(47-17(3)38)24(21)35(50-20(6)41,31(30(33)45-10)48-18(4)39)25(28(34)36)26(44-9)27(32)34/h21-31H,11-15H2,1-10H3/t21-,22-,23+,24-,25-,26+,27-,28?,29-,30+,31+,32+,33-,34+,35-/m1/s1. The molecule has 0 aromatic rings. The Bertz CT molecular complexity index is 1420. The molecule has 0 aromatic heterocycles. The van der Waals surface area contributed by atoms with Crippen LogP contribution in [0.15, 0.2) is 0 Å². The van der Waals surface area contributed by atoms with Crippen molar-refractivity contribution in [2.75, 3.05) is 48.1 Å². The fourth-order valence-electron chi connectivity index (χ4n) is 12.8. The Morgan fingerprint density at radius 2 is 1.32 bits per heavy atom. The number of hydrogen-bond donors (Lipinski definition) is 0. The number of rotatable bonds is 11. The largest absolute Gasteiger partial charge is 0.462 e. The number of hydrogen-bond acceptors (Lipinski definition) is 15. The third kappa shape index (κ3) is 4.55. The summed E-state index contributed by atoms with van der Waals surface area (Å²) in [6, 6.07) is -0.420. The van der Waals surface area contributed by atoms with Crippen molar-refractivity contribution >= 4 is 29.8 Å². The molecule has 1 spiro atoms. The highest BCUT2D eigenvalue weighted by Gasteiger charge is 2.93. The normalized spacial score (nSPS) is 46.5. The lowest BCUT2D eigenvalue weighted by Crippen LogP contribution is -2.82. The summed E-state index contributed by atoms with van der Waals surface area (Å²) in [4.78, 5) is 67.8. The van der Waals surface area contributed by atoms with Gasteiger partial charge in [-0.15, -0.1) is 0 Å². The summed E-state index contributed by atoms with van der Waals surface area (Å²) >= 11 is 0. The number of nitrogens with zero attached hydrogens (tertiary/aromatic N) is 1. The molecule has 15 heteroatoms. The summed E-state index contributed by atoms with van der Waals surface area (Å²) in [5.74, 6) is -5.72. The van der Waals surface area contributed by atoms with Crippen LogP contribution in [0.5, 0.6) is 0 Å². The molecule has 6 fully saturated rings. The molecular formula is C35H51NO14. The number of ether oxygens (including phenoxy) is 9. The van der Waals surface area contributed by atoms with Crippen molar-refractivity contribution in [3.05, 3.63) is 0 Å². The minimum atomic E-state index is -1.72. The van der Waals surface area contributed by atoms with Gasteiger partial charge in [-0.25, -0.2) is 0 Å². The van der Waals surface area contributed by atoms with Gasteiger partial charge in [0.05, 0.1) is 18.8 Å². The Hall–Kier alpha value is -2.85. The second kappa shape index (κ2) is 12.7. The van der Waals surface area contributed by atoms with E-state index in [9.17, 15) is 24.0 Å². The summed E-state index contributed by atoms with van der Waals surface area (Å²) in [7, 11) is 6.21. The van der Waals surface area contributed by atoms with E-state index in [1.807, 2.05) is 6.92 Å². The van der Waals surface area contributed by atoms with Gasteiger partial charge in [0.2, 0.25) is 0 Å². The van der Waals surface area contributed by atoms with Gasteiger partial charge < -0.3 is 42.6 Å². The molecule has 0 N–H and O–H groups in total. The Balaban J connectivity index is 1.78. The number of fused-ring (bicyclic) bond motifs is 2. The SMILES string of the molecule is CCN1C[C@@]2(COC)[C@H]3[C@@H](OC)[C@@H]4C1[C@]3([C@@H](OC)C[C@H]2OC(C)=O)[C@@H]1C[C@@]2(OC(C)=O)[C@H](OC(C)=O)[C@@H]1[C@]4(OC(C)=O)[C@@H](OC(C)=O)[C@@H]2OC. The quantitative estimate of drug-likeness (QED) is 0.220. The number of piperidine rings is 1. The first kappa shape index (κ1) is 36.9. The molecule has 0 radical (unpaired) electrons. The van der Waals surface area contributed by atoms with E-state index in [0.717, 1.165) is 0 Å². The smallest absolute Gasteiger partial charge is 0.303 e. The second-order valence-corrected chi connectivity index (χ2v) is 15.0. The van der Waals surface area contributed by atoms with Crippen LogP contribution in [0.3, 0.4) is 0 Å². The molecule has 1 unspecified atom stereocenters. The van der Waals surface area contributed by atoms with E-state index in [0.29, 0.717) is 19.5 Å². The average molecular weight is 710 g/mol. The molecule has 15 atom stereocenters. The molecule has 1 heterocycles. The van der Waals surface area contributed by atoms with Gasteiger partial charge in [0.25, 0.3) is 0 Å². The molecule has 50 heavy (non-hydrogen) atoms. The number of likely N-dealkylation sites (tertiary alicyclic amines) is 1. The number of carbonyl (C=O) groups is 5. The number of carbonyl (C=O) groups excluding carboxylic acids is 5. The Morgan fingerprint density at radius 3 is 1.82 bits per heavy atom. The minimum absolute atomic E-state index is 0.0866. The lowest BCUT2D eigenvalue weighted by molar-refractivity contribution is -0.326. The highest BCUT2D eigenvalue weighted by molar-refractivity contribution is 5.71. The predicted octanol–water partition coefficient (Wildman–Crippen LogP) is 1.07. The summed E-state index contributed by atoms with van der Waals surface area (Å²) in [6.45, 7) is 9.62. The second-order valence-electron chi connectivity index (χ2n) is 15.0. The van der Waals surface area contributed by atoms with Crippen LogP contribution in [0.2, 0.25) is 0 Å². The van der Waals surface area contributed by atoms with Crippen molar-refractivity contribution in [2.24, 2.45) is 34.5 Å². The van der Waals surface area contributed by atoms with E-state index in [4.69, 9.17) is 42.6 Å². The summed E-state index contributed by atoms with van der Waals surface area (Å²) in [5.41, 5.74) is -5.09. The van der Waals surface area contributed by atoms with E-state index < -0.39 is 118 Å². The van der Waals surface area contributed by atoms with Crippen molar-refractivity contribution in [1.29, 1.82) is 0 Å². The van der Waals surface area contributed by atoms with E-state index in [1.165, 1.54) is 41.7 Å². The highest BCUT2D eigenvalue weighted by Crippen LogP contribution is 2.81. The Morgan fingerprint density at radius 1 is 0.700 bits per heavy atom. The van der Waals surface area contributed by atoms with Crippen LogP contribution in [0, 0.1) is 34.5 Å². The fourth-order valence-corrected chi connectivity index (χ4v) is 12.8. The zero-order valence-electron chi connectivity index (χ0n) is 30.5. The molecule has 6 rings (SSSR count). The van der Waals surface area contributed by atoms with Gasteiger partial charge in [-0.1, -0.05) is 6.92 Å². The molecule has 7 bridgehead atoms. The third-order valence-corrected chi connectivity index (χ3v) is 13.1. The van der Waals surface area contributed by atoms with Gasteiger partial charge >= 0.3 is 29.8 Å². The maximum atomic E-state index is 13.5. The van der Waals surface area contributed by atoms with Crippen LogP contribution in [-0.2, 0) is 66.6 Å². The van der Waals surface area contributed by atoms with Crippen LogP contribution in [-0.4, -0.2) is 137 Å². The molecule has 280 valence electrons. The summed E-state index contributed by atoms with van der Waals surface area (Å²) in [6.07, 6.45) is -5.26. The van der Waals surface area contributed by atoms with E-state index in [1.54, 1.807) is 21.3 Å². The fraction of sp³-hybridized carbons (Fsp3) is 0.857. The van der Waals surface area contributed by atoms with Crippen molar-refractivity contribution in [1.82, 2.24) is 4.90 Å². The van der Waals surface area contributed by atoms with Gasteiger partial charge in [-0.2, -0.15) is 0 Å². The van der Waals surface area contributed by atoms with E-state index >= 15 is 0 Å². The van der Waals surface area contributed by atoms with Crippen molar-refractivity contribution in [3.63, 3.8) is 0 Å². The average Bonchev–Trinajstić information content (AvgIpc) is 3.40. The zero-order valence-corrected chi connectivity index (χ0v) is 30.5. The Kier molecular flexibility index (Phi) is 9.36. The molecule has 1 aliphatic heterocycles. The van der Waals surface area contributed by atoms with Crippen LogP contribution in [0.1, 0.15) is 54.4 Å². The minimum Gasteiger partial charge on any atom is -0.462 e. The first-order valence-electron chi connectivity index (χ1n) is 17.3. The third-order valence-electron chi connectivity index (χ3n) is 13.1. The van der Waals surface area contributed by atoms with Gasteiger partial charge in [-0.3, -0.25) is 28.9 Å². The molecule has 5 aliphatic carbocycles. The summed E-state index contributed by atoms with van der Waals surface area (Å²) < 4.78 is 56.8. The van der Waals surface area contributed by atoms with Crippen LogP contribution >= 0.6 is 0 Å². The highest BCUT2D eigenvalue weighted by atomic mass is 16.7. The van der Waals surface area contributed by atoms with Crippen LogP contribution in [0.25, 0.3) is 0 Å². The number of esters is 5. The number of methoxy groups -OCH3 is 4. The zero-order chi connectivity index (χ0) is 36.7. The van der Waals surface area contributed by atoms with E-state index in [-0.39, 0.29) is 13.0 Å². The van der Waals surface area contributed by atoms with Gasteiger partial charge in [-0.05, 0) is 18.9 Å². The molecular weight excluding hydrogens is 658 g/mol. The van der Waals surface area contributed by atoms with E-state index in [2.05, 4.69) is 4.90 Å². The molecule has 6 aliphatic rings. The molecule has 5 saturated carbocycles. The maximum Gasteiger partial charge on any atom is 0.303 e. The van der Waals surface area contributed by atoms with Gasteiger partial charge in [0.1, 0.15) is 12.2 Å². The van der Waals surface area contributed by atoms with Crippen molar-refractivity contribution in [3.8, 4) is 0 Å². The first-order valence-corrected chi connectivity index (χ1v) is 17.3. The predicted molar refractivity (Wildman–Crippen MR) is 169 cm³/mol. The molecule has 0 amide bonds. The van der Waals surface area contributed by atoms with Crippen molar-refractivity contribution in [2.45, 2.75) is 108 Å². The van der Waals surface area contributed by atoms with Crippen LogP contribution in [0.4, 0.5) is 0 Å². The van der Waals surface area contributed by atoms with Gasteiger partial charge in [0, 0.05) is 111 Å². The molecule has 15 nitrogen and oxygen atoms in total. The van der Waals surface area contributed by atoms with Gasteiger partial charge in [0.15, 0.2) is 23.4 Å². The first-order chi connectivity index (χ1) is 23.6. The van der Waals surface area contributed by atoms with Crippen LogP contribution < -0.4 is 0 Å². The monoisotopic (exact) mass is 709 g/mol.